The molecule has 2 aromatic heterocycles. The van der Waals surface area contributed by atoms with Gasteiger partial charge in [-0.05, 0) is 56.5 Å². The fourth-order valence-corrected chi connectivity index (χ4v) is 5.01. The zero-order valence-corrected chi connectivity index (χ0v) is 20.6. The van der Waals surface area contributed by atoms with Crippen molar-refractivity contribution in [2.45, 2.75) is 51.3 Å². The summed E-state index contributed by atoms with van der Waals surface area (Å²) >= 11 is -1.28. The fraction of sp³-hybridized carbons (Fsp3) is 0.333. The van der Waals surface area contributed by atoms with Crippen LogP contribution in [0.4, 0.5) is 0 Å². The number of pyridine rings is 1. The molecule has 0 radical (unpaired) electrons. The highest BCUT2D eigenvalue weighted by atomic mass is 32.2. The van der Waals surface area contributed by atoms with E-state index in [1.54, 1.807) is 0 Å². The number of aromatic nitrogens is 2. The number of hydrogen-bond acceptors (Lipinski definition) is 5. The van der Waals surface area contributed by atoms with Gasteiger partial charge in [-0.25, -0.2) is 0 Å². The molecule has 4 aromatic rings. The fourth-order valence-electron chi connectivity index (χ4n) is 4.16. The van der Waals surface area contributed by atoms with Crippen molar-refractivity contribution in [3.63, 3.8) is 0 Å². The normalized spacial score (nSPS) is 15.0. The van der Waals surface area contributed by atoms with Crippen molar-refractivity contribution in [1.82, 2.24) is 14.9 Å². The van der Waals surface area contributed by atoms with Gasteiger partial charge in [-0.2, -0.15) is 0 Å². The Morgan fingerprint density at radius 2 is 1.64 bits per heavy atom. The molecule has 0 aliphatic heterocycles. The summed E-state index contributed by atoms with van der Waals surface area (Å²) in [6.07, 6.45) is 1.82. The van der Waals surface area contributed by atoms with Crippen LogP contribution >= 0.6 is 0 Å². The third-order valence-electron chi connectivity index (χ3n) is 5.83. The minimum Gasteiger partial charge on any atom is -0.598 e. The van der Waals surface area contributed by atoms with Crippen molar-refractivity contribution >= 4 is 22.3 Å². The molecule has 0 fully saturated rings. The molecule has 0 amide bonds. The molecule has 0 spiro atoms. The minimum atomic E-state index is -1.28. The number of rotatable bonds is 7. The lowest BCUT2D eigenvalue weighted by Crippen LogP contribution is -2.43. The molecule has 33 heavy (non-hydrogen) atoms. The van der Waals surface area contributed by atoms with Crippen molar-refractivity contribution < 1.29 is 9.08 Å². The summed E-state index contributed by atoms with van der Waals surface area (Å²) in [6.45, 7) is 10.3. The van der Waals surface area contributed by atoms with Crippen LogP contribution in [0.25, 0.3) is 22.2 Å². The van der Waals surface area contributed by atoms with Gasteiger partial charge in [0.15, 0.2) is 5.58 Å². The molecular formula is C27H31N3O2S. The van der Waals surface area contributed by atoms with Gasteiger partial charge in [-0.15, -0.1) is 4.72 Å². The molecule has 0 saturated heterocycles. The van der Waals surface area contributed by atoms with E-state index in [1.807, 2.05) is 81.6 Å². The van der Waals surface area contributed by atoms with Gasteiger partial charge in [0.05, 0.1) is 6.04 Å². The third-order valence-corrected chi connectivity index (χ3v) is 7.41. The van der Waals surface area contributed by atoms with Crippen molar-refractivity contribution in [3.8, 4) is 11.3 Å². The van der Waals surface area contributed by atoms with Crippen LogP contribution in [0.1, 0.15) is 57.8 Å². The first-order valence-corrected chi connectivity index (χ1v) is 12.4. The second-order valence-electron chi connectivity index (χ2n) is 9.62. The Morgan fingerprint density at radius 1 is 0.939 bits per heavy atom. The zero-order valence-electron chi connectivity index (χ0n) is 19.8. The summed E-state index contributed by atoms with van der Waals surface area (Å²) in [6, 6.07) is 21.8. The third kappa shape index (κ3) is 4.98. The predicted molar refractivity (Wildman–Crippen MR) is 135 cm³/mol. The molecule has 2 aromatic carbocycles. The standard InChI is InChI=1S/C27H31N3O2S/c1-18(2)24(22-15-10-11-17-28-22)26(30-33(31)27(3,4)5)20-13-7-6-12-19(20)25-21-14-8-9-16-23(21)32-29-25/h6-18,24,26,30H,1-5H3/t24-,26-,33?/m1/s1. The molecule has 0 aliphatic carbocycles. The van der Waals surface area contributed by atoms with Gasteiger partial charge in [-0.3, -0.25) is 4.98 Å². The van der Waals surface area contributed by atoms with Gasteiger partial charge in [0.2, 0.25) is 0 Å². The van der Waals surface area contributed by atoms with E-state index in [0.29, 0.717) is 0 Å². The second kappa shape index (κ2) is 9.67. The Bertz CT molecular complexity index is 1200. The van der Waals surface area contributed by atoms with Gasteiger partial charge in [0, 0.05) is 40.1 Å². The number of fused-ring (bicyclic) bond motifs is 1. The van der Waals surface area contributed by atoms with Gasteiger partial charge in [0.1, 0.15) is 10.4 Å². The van der Waals surface area contributed by atoms with Crippen LogP contribution < -0.4 is 4.72 Å². The van der Waals surface area contributed by atoms with Crippen molar-refractivity contribution in [2.24, 2.45) is 5.92 Å². The lowest BCUT2D eigenvalue weighted by molar-refractivity contribution is 0.389. The average molecular weight is 462 g/mol. The predicted octanol–water partition coefficient (Wildman–Crippen LogP) is 6.42. The highest BCUT2D eigenvalue weighted by Gasteiger charge is 2.37. The molecule has 2 heterocycles. The molecule has 0 saturated carbocycles. The van der Waals surface area contributed by atoms with Crippen LogP contribution in [0.5, 0.6) is 0 Å². The van der Waals surface area contributed by atoms with E-state index in [-0.39, 0.29) is 17.9 Å². The van der Waals surface area contributed by atoms with Gasteiger partial charge in [0.25, 0.3) is 0 Å². The molecule has 1 unspecified atom stereocenters. The number of benzene rings is 2. The summed E-state index contributed by atoms with van der Waals surface area (Å²) in [5.74, 6) is 0.244. The molecule has 172 valence electrons. The van der Waals surface area contributed by atoms with Crippen LogP contribution in [0.2, 0.25) is 0 Å². The maximum atomic E-state index is 13.4. The number of hydrogen-bond donors (Lipinski definition) is 1. The van der Waals surface area contributed by atoms with Crippen molar-refractivity contribution in [1.29, 1.82) is 0 Å². The topological polar surface area (TPSA) is 74.0 Å². The van der Waals surface area contributed by atoms with E-state index >= 15 is 0 Å². The molecule has 5 nitrogen and oxygen atoms in total. The van der Waals surface area contributed by atoms with E-state index in [9.17, 15) is 4.55 Å². The maximum absolute atomic E-state index is 13.4. The summed E-state index contributed by atoms with van der Waals surface area (Å²) in [5, 5.41) is 5.38. The first-order valence-electron chi connectivity index (χ1n) is 11.3. The lowest BCUT2D eigenvalue weighted by Gasteiger charge is -2.34. The van der Waals surface area contributed by atoms with E-state index in [0.717, 1.165) is 33.5 Å². The number of nitrogens with zero attached hydrogens (tertiary/aromatic N) is 2. The van der Waals surface area contributed by atoms with Crippen molar-refractivity contribution in [2.75, 3.05) is 0 Å². The highest BCUT2D eigenvalue weighted by molar-refractivity contribution is 7.90. The molecular weight excluding hydrogens is 430 g/mol. The summed E-state index contributed by atoms with van der Waals surface area (Å²) in [4.78, 5) is 4.69. The van der Waals surface area contributed by atoms with Crippen LogP contribution in [-0.2, 0) is 11.4 Å². The minimum absolute atomic E-state index is 0.00295. The smallest absolute Gasteiger partial charge is 0.167 e. The molecule has 6 heteroatoms. The van der Waals surface area contributed by atoms with E-state index in [2.05, 4.69) is 40.8 Å². The van der Waals surface area contributed by atoms with Crippen LogP contribution in [-0.4, -0.2) is 19.4 Å². The molecule has 3 atom stereocenters. The first-order chi connectivity index (χ1) is 15.8. The Labute approximate surface area is 198 Å². The van der Waals surface area contributed by atoms with Crippen LogP contribution in [0.15, 0.2) is 77.4 Å². The van der Waals surface area contributed by atoms with Gasteiger partial charge in [-0.1, -0.05) is 61.5 Å². The quantitative estimate of drug-likeness (QED) is 0.321. The Hall–Kier alpha value is -2.67. The summed E-state index contributed by atoms with van der Waals surface area (Å²) < 4.78 is 22.0. The lowest BCUT2D eigenvalue weighted by atomic mass is 9.80. The van der Waals surface area contributed by atoms with Crippen molar-refractivity contribution in [3.05, 3.63) is 84.2 Å². The summed E-state index contributed by atoms with van der Waals surface area (Å²) in [7, 11) is 0. The molecule has 4 rings (SSSR count). The molecule has 0 aliphatic rings. The highest BCUT2D eigenvalue weighted by Crippen LogP contribution is 2.42. The maximum Gasteiger partial charge on any atom is 0.167 e. The largest absolute Gasteiger partial charge is 0.598 e. The number of nitrogens with one attached hydrogen (secondary N) is 1. The van der Waals surface area contributed by atoms with Gasteiger partial charge >= 0.3 is 0 Å². The zero-order chi connectivity index (χ0) is 23.6. The van der Waals surface area contributed by atoms with E-state index < -0.39 is 16.1 Å². The average Bonchev–Trinajstić information content (AvgIpc) is 3.22. The SMILES string of the molecule is CC(C)[C@H](c1ccccn1)[C@H](N[S+]([O-])C(C)(C)C)c1ccccc1-c1noc2ccccc12. The Morgan fingerprint density at radius 3 is 2.33 bits per heavy atom. The monoisotopic (exact) mass is 461 g/mol. The molecule has 0 bridgehead atoms. The second-order valence-corrected chi connectivity index (χ2v) is 11.6. The molecule has 1 N–H and O–H groups in total. The Kier molecular flexibility index (Phi) is 6.88. The Balaban J connectivity index is 1.90. The number of para-hydroxylation sites is 1. The van der Waals surface area contributed by atoms with E-state index in [1.165, 1.54) is 0 Å². The van der Waals surface area contributed by atoms with E-state index in [4.69, 9.17) is 4.52 Å². The van der Waals surface area contributed by atoms with Crippen LogP contribution in [0, 0.1) is 5.92 Å². The van der Waals surface area contributed by atoms with Gasteiger partial charge < -0.3 is 9.08 Å². The first kappa shape index (κ1) is 23.5. The van der Waals surface area contributed by atoms with Crippen LogP contribution in [0.3, 0.4) is 0 Å². The summed E-state index contributed by atoms with van der Waals surface area (Å²) in [5.41, 5.74) is 4.50.